The lowest BCUT2D eigenvalue weighted by atomic mass is 10.0. The molecule has 2 aromatic carbocycles. The van der Waals surface area contributed by atoms with Crippen LogP contribution in [0.25, 0.3) is 23.3 Å². The zero-order valence-electron chi connectivity index (χ0n) is 12.5. The summed E-state index contributed by atoms with van der Waals surface area (Å²) in [6.45, 7) is 0. The maximum absolute atomic E-state index is 8.80. The number of benzene rings is 2. The lowest BCUT2D eigenvalue weighted by molar-refractivity contribution is -0.191. The summed E-state index contributed by atoms with van der Waals surface area (Å²) < 4.78 is 0. The quantitative estimate of drug-likeness (QED) is 0.800. The number of H-pyrrole nitrogens is 1. The van der Waals surface area contributed by atoms with Crippen molar-refractivity contribution in [3.63, 3.8) is 0 Å². The minimum atomic E-state index is 0.250. The average molecular weight is 316 g/mol. The van der Waals surface area contributed by atoms with E-state index < -0.39 is 0 Å². The number of hydrogen-bond donors (Lipinski definition) is 1. The molecule has 0 fully saturated rings. The molecule has 6 nitrogen and oxygen atoms in total. The maximum atomic E-state index is 8.80. The van der Waals surface area contributed by atoms with Crippen molar-refractivity contribution in [2.24, 2.45) is 0 Å². The van der Waals surface area contributed by atoms with Gasteiger partial charge < -0.3 is 0 Å². The second-order valence-electron chi connectivity index (χ2n) is 4.62. The second-order valence-corrected chi connectivity index (χ2v) is 4.62. The number of aromatic nitrogens is 3. The number of nitrogens with one attached hydrogen (secondary N) is 1. The summed E-state index contributed by atoms with van der Waals surface area (Å²) in [7, 11) is 0. The highest BCUT2D eigenvalue weighted by Gasteiger charge is 1.98. The van der Waals surface area contributed by atoms with Crippen molar-refractivity contribution >= 4 is 18.3 Å². The van der Waals surface area contributed by atoms with E-state index in [2.05, 4.69) is 33.6 Å². The molecule has 116 valence electrons. The monoisotopic (exact) mass is 316 g/mol. The van der Waals surface area contributed by atoms with E-state index in [1.54, 1.807) is 6.20 Å². The first-order valence-electron chi connectivity index (χ1n) is 6.90. The van der Waals surface area contributed by atoms with Crippen LogP contribution >= 0.6 is 0 Å². The Kier molecular flexibility index (Phi) is 5.93. The SMILES string of the molecule is N#Cc1ccc(-c2ccc(C=Cc3cn[nH]n3)cc2)cc1.O=C=O. The fourth-order valence-electron chi connectivity index (χ4n) is 2.00. The molecule has 0 spiro atoms. The molecule has 0 bridgehead atoms. The predicted molar refractivity (Wildman–Crippen MR) is 86.9 cm³/mol. The first-order valence-corrected chi connectivity index (χ1v) is 6.90. The van der Waals surface area contributed by atoms with E-state index in [4.69, 9.17) is 14.9 Å². The molecular formula is C18H12N4O2. The van der Waals surface area contributed by atoms with Gasteiger partial charge in [0.1, 0.15) is 5.69 Å². The Labute approximate surface area is 138 Å². The van der Waals surface area contributed by atoms with Crippen LogP contribution in [0.3, 0.4) is 0 Å². The molecule has 0 radical (unpaired) electrons. The van der Waals surface area contributed by atoms with Gasteiger partial charge in [0.25, 0.3) is 0 Å². The summed E-state index contributed by atoms with van der Waals surface area (Å²) in [5.74, 6) is 0. The fraction of sp³-hybridized carbons (Fsp3) is 0. The number of hydrogen-bond acceptors (Lipinski definition) is 5. The summed E-state index contributed by atoms with van der Waals surface area (Å²) in [5, 5.41) is 19.1. The number of rotatable bonds is 3. The Balaban J connectivity index is 0.000000647. The highest BCUT2D eigenvalue weighted by molar-refractivity contribution is 5.71. The zero-order valence-corrected chi connectivity index (χ0v) is 12.5. The van der Waals surface area contributed by atoms with Crippen molar-refractivity contribution in [3.8, 4) is 17.2 Å². The van der Waals surface area contributed by atoms with Gasteiger partial charge in [-0.2, -0.15) is 30.3 Å². The van der Waals surface area contributed by atoms with Crippen molar-refractivity contribution in [1.29, 1.82) is 5.26 Å². The largest absolute Gasteiger partial charge is 0.373 e. The second kappa shape index (κ2) is 8.59. The van der Waals surface area contributed by atoms with Crippen LogP contribution in [-0.2, 0) is 9.59 Å². The van der Waals surface area contributed by atoms with Crippen LogP contribution in [0.4, 0.5) is 0 Å². The third-order valence-corrected chi connectivity index (χ3v) is 3.14. The maximum Gasteiger partial charge on any atom is 0.373 e. The normalized spacial score (nSPS) is 9.62. The van der Waals surface area contributed by atoms with E-state index in [0.717, 1.165) is 22.4 Å². The Morgan fingerprint density at radius 2 is 1.50 bits per heavy atom. The predicted octanol–water partition coefficient (Wildman–Crippen LogP) is 2.93. The van der Waals surface area contributed by atoms with Crippen molar-refractivity contribution < 1.29 is 9.59 Å². The first-order chi connectivity index (χ1) is 11.8. The van der Waals surface area contributed by atoms with Gasteiger partial charge in [0.2, 0.25) is 0 Å². The highest BCUT2D eigenvalue weighted by atomic mass is 16.2. The lowest BCUT2D eigenvalue weighted by Crippen LogP contribution is -1.80. The third kappa shape index (κ3) is 4.60. The van der Waals surface area contributed by atoms with Crippen molar-refractivity contribution in [3.05, 3.63) is 71.5 Å². The van der Waals surface area contributed by atoms with E-state index in [0.29, 0.717) is 5.56 Å². The van der Waals surface area contributed by atoms with Crippen molar-refractivity contribution in [1.82, 2.24) is 15.4 Å². The van der Waals surface area contributed by atoms with Crippen LogP contribution in [0.15, 0.2) is 54.7 Å². The average Bonchev–Trinajstić information content (AvgIpc) is 3.15. The van der Waals surface area contributed by atoms with E-state index >= 15 is 0 Å². The smallest absolute Gasteiger partial charge is 0.197 e. The number of carbonyl (C=O) groups excluding carboxylic acids is 2. The fourth-order valence-corrected chi connectivity index (χ4v) is 2.00. The standard InChI is InChI=1S/C17H12N4.CO2/c18-11-14-3-8-16(9-4-14)15-6-1-13(2-7-15)5-10-17-12-19-21-20-17;2-1-3/h1-10,12H,(H,19,20,21);. The van der Waals surface area contributed by atoms with Gasteiger partial charge >= 0.3 is 6.15 Å². The minimum Gasteiger partial charge on any atom is -0.197 e. The van der Waals surface area contributed by atoms with Gasteiger partial charge in [0, 0.05) is 0 Å². The van der Waals surface area contributed by atoms with Crippen LogP contribution in [0.1, 0.15) is 16.8 Å². The third-order valence-electron chi connectivity index (χ3n) is 3.14. The molecule has 3 rings (SSSR count). The van der Waals surface area contributed by atoms with Crippen LogP contribution in [0.2, 0.25) is 0 Å². The molecule has 3 aromatic rings. The first kappa shape index (κ1) is 16.6. The van der Waals surface area contributed by atoms with Gasteiger partial charge in [0.05, 0.1) is 17.8 Å². The molecule has 24 heavy (non-hydrogen) atoms. The Bertz CT molecular complexity index is 868. The van der Waals surface area contributed by atoms with Gasteiger partial charge in [-0.05, 0) is 34.9 Å². The van der Waals surface area contributed by atoms with E-state index in [9.17, 15) is 0 Å². The van der Waals surface area contributed by atoms with Gasteiger partial charge in [-0.1, -0.05) is 42.5 Å². The summed E-state index contributed by atoms with van der Waals surface area (Å²) in [4.78, 5) is 16.2. The molecule has 1 heterocycles. The molecule has 1 N–H and O–H groups in total. The topological polar surface area (TPSA) is 99.5 Å². The summed E-state index contributed by atoms with van der Waals surface area (Å²) in [5.41, 5.74) is 4.78. The van der Waals surface area contributed by atoms with E-state index in [1.807, 2.05) is 48.6 Å². The number of nitriles is 1. The van der Waals surface area contributed by atoms with Gasteiger partial charge in [-0.3, -0.25) is 0 Å². The zero-order chi connectivity index (χ0) is 17.2. The van der Waals surface area contributed by atoms with E-state index in [-0.39, 0.29) is 6.15 Å². The molecule has 0 atom stereocenters. The number of aromatic amines is 1. The summed E-state index contributed by atoms with van der Waals surface area (Å²) >= 11 is 0. The van der Waals surface area contributed by atoms with Crippen LogP contribution in [0, 0.1) is 11.3 Å². The summed E-state index contributed by atoms with van der Waals surface area (Å²) in [6, 6.07) is 17.9. The van der Waals surface area contributed by atoms with E-state index in [1.165, 1.54) is 0 Å². The molecule has 6 heteroatoms. The van der Waals surface area contributed by atoms with Gasteiger partial charge in [-0.25, -0.2) is 0 Å². The molecule has 0 aliphatic rings. The van der Waals surface area contributed by atoms with Gasteiger partial charge in [-0.15, -0.1) is 0 Å². The van der Waals surface area contributed by atoms with Crippen molar-refractivity contribution in [2.45, 2.75) is 0 Å². The highest BCUT2D eigenvalue weighted by Crippen LogP contribution is 2.20. The van der Waals surface area contributed by atoms with Crippen LogP contribution in [-0.4, -0.2) is 21.6 Å². The Morgan fingerprint density at radius 1 is 0.917 bits per heavy atom. The molecule has 0 amide bonds. The van der Waals surface area contributed by atoms with Crippen LogP contribution in [0.5, 0.6) is 0 Å². The molecular weight excluding hydrogens is 304 g/mol. The molecule has 0 saturated carbocycles. The summed E-state index contributed by atoms with van der Waals surface area (Å²) in [6.07, 6.45) is 5.81. The Hall–Kier alpha value is -3.81. The molecule has 0 saturated heterocycles. The molecule has 0 aliphatic carbocycles. The molecule has 0 unspecified atom stereocenters. The van der Waals surface area contributed by atoms with Crippen molar-refractivity contribution in [2.75, 3.05) is 0 Å². The minimum absolute atomic E-state index is 0.250. The lowest BCUT2D eigenvalue weighted by Gasteiger charge is -2.02. The molecule has 1 aromatic heterocycles. The number of nitrogens with zero attached hydrogens (tertiary/aromatic N) is 3. The van der Waals surface area contributed by atoms with Crippen LogP contribution < -0.4 is 0 Å². The van der Waals surface area contributed by atoms with Gasteiger partial charge in [0.15, 0.2) is 0 Å². The molecule has 0 aliphatic heterocycles. The Morgan fingerprint density at radius 3 is 2.00 bits per heavy atom.